The molecule has 5 heteroatoms. The van der Waals surface area contributed by atoms with E-state index >= 15 is 0 Å². The van der Waals surface area contributed by atoms with E-state index < -0.39 is 0 Å². The van der Waals surface area contributed by atoms with Crippen LogP contribution in [0.15, 0.2) is 36.5 Å². The number of halogens is 1. The van der Waals surface area contributed by atoms with Crippen LogP contribution in [0.5, 0.6) is 5.75 Å². The maximum Gasteiger partial charge on any atom is 0.165 e. The van der Waals surface area contributed by atoms with Crippen molar-refractivity contribution in [3.8, 4) is 5.75 Å². The molecule has 1 heterocycles. The van der Waals surface area contributed by atoms with Crippen LogP contribution in [0.2, 0.25) is 0 Å². The summed E-state index contributed by atoms with van der Waals surface area (Å²) in [4.78, 5) is 4.11. The fourth-order valence-corrected chi connectivity index (χ4v) is 1.52. The Morgan fingerprint density at radius 1 is 1.33 bits per heavy atom. The van der Waals surface area contributed by atoms with Gasteiger partial charge in [-0.1, -0.05) is 6.07 Å². The number of aryl methyl sites for hydroxylation is 1. The number of hydrogen-bond donors (Lipinski definition) is 2. The van der Waals surface area contributed by atoms with Crippen LogP contribution in [0.4, 0.5) is 10.1 Å². The monoisotopic (exact) mass is 247 g/mol. The second kappa shape index (κ2) is 5.46. The second-order valence-electron chi connectivity index (χ2n) is 3.90. The first-order valence-electron chi connectivity index (χ1n) is 5.49. The molecule has 0 radical (unpaired) electrons. The molecule has 0 bridgehead atoms. The zero-order valence-corrected chi connectivity index (χ0v) is 9.98. The standard InChI is InChI=1S/C13H14FN3O/c1-9-2-3-12(14)13(6-9)18-8-11-7-10(17-15)4-5-16-11/h2-7H,8,15H2,1H3,(H,16,17). The van der Waals surface area contributed by atoms with E-state index in [9.17, 15) is 4.39 Å². The highest BCUT2D eigenvalue weighted by Crippen LogP contribution is 2.19. The van der Waals surface area contributed by atoms with Crippen LogP contribution in [-0.4, -0.2) is 4.98 Å². The molecule has 1 aromatic carbocycles. The number of nitrogen functional groups attached to an aromatic ring is 1. The van der Waals surface area contributed by atoms with Crippen molar-refractivity contribution >= 4 is 5.69 Å². The zero-order valence-electron chi connectivity index (χ0n) is 9.98. The summed E-state index contributed by atoms with van der Waals surface area (Å²) in [6.07, 6.45) is 1.61. The molecule has 0 unspecified atom stereocenters. The van der Waals surface area contributed by atoms with Crippen LogP contribution in [0.1, 0.15) is 11.3 Å². The van der Waals surface area contributed by atoms with Crippen molar-refractivity contribution in [1.29, 1.82) is 0 Å². The Morgan fingerprint density at radius 2 is 2.17 bits per heavy atom. The summed E-state index contributed by atoms with van der Waals surface area (Å²) >= 11 is 0. The van der Waals surface area contributed by atoms with Gasteiger partial charge in [-0.2, -0.15) is 0 Å². The molecular formula is C13H14FN3O. The number of anilines is 1. The summed E-state index contributed by atoms with van der Waals surface area (Å²) in [5.41, 5.74) is 4.86. The Kier molecular flexibility index (Phi) is 3.74. The van der Waals surface area contributed by atoms with Gasteiger partial charge >= 0.3 is 0 Å². The lowest BCUT2D eigenvalue weighted by atomic mass is 10.2. The Hall–Kier alpha value is -2.14. The molecule has 18 heavy (non-hydrogen) atoms. The lowest BCUT2D eigenvalue weighted by Crippen LogP contribution is -2.08. The number of nitrogens with two attached hydrogens (primary N) is 1. The smallest absolute Gasteiger partial charge is 0.165 e. The molecule has 0 aliphatic heterocycles. The highest BCUT2D eigenvalue weighted by Gasteiger charge is 2.04. The Labute approximate surface area is 105 Å². The molecule has 0 amide bonds. The highest BCUT2D eigenvalue weighted by atomic mass is 19.1. The van der Waals surface area contributed by atoms with Gasteiger partial charge in [-0.05, 0) is 36.8 Å². The number of rotatable bonds is 4. The van der Waals surface area contributed by atoms with Gasteiger partial charge in [0.1, 0.15) is 6.61 Å². The molecule has 3 N–H and O–H groups in total. The molecule has 4 nitrogen and oxygen atoms in total. The fourth-order valence-electron chi connectivity index (χ4n) is 1.52. The minimum Gasteiger partial charge on any atom is -0.484 e. The van der Waals surface area contributed by atoms with Gasteiger partial charge in [-0.15, -0.1) is 0 Å². The van der Waals surface area contributed by atoms with Crippen molar-refractivity contribution < 1.29 is 9.13 Å². The molecule has 0 aliphatic rings. The summed E-state index contributed by atoms with van der Waals surface area (Å²) in [6.45, 7) is 2.07. The third-order valence-corrected chi connectivity index (χ3v) is 2.45. The Morgan fingerprint density at radius 3 is 2.94 bits per heavy atom. The normalized spacial score (nSPS) is 10.2. The van der Waals surface area contributed by atoms with Gasteiger partial charge in [0, 0.05) is 6.20 Å². The summed E-state index contributed by atoms with van der Waals surface area (Å²) in [7, 11) is 0. The number of nitrogens with zero attached hydrogens (tertiary/aromatic N) is 1. The third-order valence-electron chi connectivity index (χ3n) is 2.45. The van der Waals surface area contributed by atoms with E-state index in [1.807, 2.05) is 6.92 Å². The van der Waals surface area contributed by atoms with E-state index in [1.54, 1.807) is 30.5 Å². The maximum absolute atomic E-state index is 13.4. The number of ether oxygens (including phenoxy) is 1. The first kappa shape index (κ1) is 12.3. The average molecular weight is 247 g/mol. The number of benzene rings is 1. The van der Waals surface area contributed by atoms with E-state index in [-0.39, 0.29) is 18.2 Å². The number of hydrazine groups is 1. The quantitative estimate of drug-likeness (QED) is 0.643. The highest BCUT2D eigenvalue weighted by molar-refractivity contribution is 5.41. The number of aromatic nitrogens is 1. The molecule has 0 saturated carbocycles. The second-order valence-corrected chi connectivity index (χ2v) is 3.90. The van der Waals surface area contributed by atoms with Gasteiger partial charge in [-0.3, -0.25) is 10.8 Å². The predicted molar refractivity (Wildman–Crippen MR) is 67.5 cm³/mol. The summed E-state index contributed by atoms with van der Waals surface area (Å²) in [5.74, 6) is 5.14. The van der Waals surface area contributed by atoms with Crippen LogP contribution in [0.3, 0.4) is 0 Å². The SMILES string of the molecule is Cc1ccc(F)c(OCc2cc(NN)ccn2)c1. The van der Waals surface area contributed by atoms with Gasteiger partial charge in [0.25, 0.3) is 0 Å². The summed E-state index contributed by atoms with van der Waals surface area (Å²) < 4.78 is 18.8. The molecule has 94 valence electrons. The predicted octanol–water partition coefficient (Wildman–Crippen LogP) is 2.39. The molecule has 0 spiro atoms. The largest absolute Gasteiger partial charge is 0.484 e. The van der Waals surface area contributed by atoms with Crippen molar-refractivity contribution in [2.75, 3.05) is 5.43 Å². The van der Waals surface area contributed by atoms with Crippen LogP contribution >= 0.6 is 0 Å². The summed E-state index contributed by atoms with van der Waals surface area (Å²) in [6, 6.07) is 8.21. The minimum atomic E-state index is -0.381. The van der Waals surface area contributed by atoms with E-state index in [0.717, 1.165) is 11.3 Å². The van der Waals surface area contributed by atoms with Gasteiger partial charge in [0.05, 0.1) is 11.4 Å². The average Bonchev–Trinajstić information content (AvgIpc) is 2.40. The Balaban J connectivity index is 2.08. The van der Waals surface area contributed by atoms with Crippen LogP contribution < -0.4 is 16.0 Å². The van der Waals surface area contributed by atoms with Crippen molar-refractivity contribution in [1.82, 2.24) is 4.98 Å². The lowest BCUT2D eigenvalue weighted by Gasteiger charge is -2.08. The Bertz CT molecular complexity index is 546. The van der Waals surface area contributed by atoms with E-state index in [2.05, 4.69) is 10.4 Å². The molecule has 0 fully saturated rings. The lowest BCUT2D eigenvalue weighted by molar-refractivity contribution is 0.286. The molecule has 1 aromatic heterocycles. The van der Waals surface area contributed by atoms with E-state index in [1.165, 1.54) is 6.07 Å². The topological polar surface area (TPSA) is 60.2 Å². The number of nitrogens with one attached hydrogen (secondary N) is 1. The van der Waals surface area contributed by atoms with Crippen molar-refractivity contribution in [2.24, 2.45) is 5.84 Å². The number of pyridine rings is 1. The third kappa shape index (κ3) is 2.95. The zero-order chi connectivity index (χ0) is 13.0. The van der Waals surface area contributed by atoms with Gasteiger partial charge in [0.2, 0.25) is 0 Å². The molecule has 2 rings (SSSR count). The van der Waals surface area contributed by atoms with Gasteiger partial charge in [-0.25, -0.2) is 4.39 Å². The molecule has 0 aliphatic carbocycles. The van der Waals surface area contributed by atoms with Crippen molar-refractivity contribution in [2.45, 2.75) is 13.5 Å². The van der Waals surface area contributed by atoms with Crippen molar-refractivity contribution in [3.05, 3.63) is 53.6 Å². The van der Waals surface area contributed by atoms with Crippen LogP contribution in [0.25, 0.3) is 0 Å². The first-order valence-corrected chi connectivity index (χ1v) is 5.49. The summed E-state index contributed by atoms with van der Waals surface area (Å²) in [5, 5.41) is 0. The molecule has 0 saturated heterocycles. The maximum atomic E-state index is 13.4. The van der Waals surface area contributed by atoms with Crippen molar-refractivity contribution in [3.63, 3.8) is 0 Å². The first-order chi connectivity index (χ1) is 8.69. The van der Waals surface area contributed by atoms with Gasteiger partial charge < -0.3 is 10.2 Å². The van der Waals surface area contributed by atoms with E-state index in [4.69, 9.17) is 10.6 Å². The van der Waals surface area contributed by atoms with Gasteiger partial charge in [0.15, 0.2) is 11.6 Å². The molecule has 2 aromatic rings. The molecule has 0 atom stereocenters. The van der Waals surface area contributed by atoms with Crippen LogP contribution in [-0.2, 0) is 6.61 Å². The number of hydrogen-bond acceptors (Lipinski definition) is 4. The van der Waals surface area contributed by atoms with E-state index in [0.29, 0.717) is 5.69 Å². The fraction of sp³-hybridized carbons (Fsp3) is 0.154. The minimum absolute atomic E-state index is 0.190. The van der Waals surface area contributed by atoms with Crippen LogP contribution in [0, 0.1) is 12.7 Å². The molecular weight excluding hydrogens is 233 g/mol.